The first kappa shape index (κ1) is 23.5. The lowest BCUT2D eigenvalue weighted by Gasteiger charge is -2.21. The zero-order valence-corrected chi connectivity index (χ0v) is 18.6. The van der Waals surface area contributed by atoms with E-state index in [1.165, 1.54) is 0 Å². The number of ether oxygens (including phenoxy) is 1. The lowest BCUT2D eigenvalue weighted by Crippen LogP contribution is -2.32. The van der Waals surface area contributed by atoms with Gasteiger partial charge >= 0.3 is 0 Å². The molecule has 2 rings (SSSR count). The predicted octanol–water partition coefficient (Wildman–Crippen LogP) is 5.63. The van der Waals surface area contributed by atoms with Gasteiger partial charge < -0.3 is 15.0 Å². The van der Waals surface area contributed by atoms with Gasteiger partial charge in [0.2, 0.25) is 0 Å². The first-order valence-corrected chi connectivity index (χ1v) is 10.9. The predicted molar refractivity (Wildman–Crippen MR) is 122 cm³/mol. The summed E-state index contributed by atoms with van der Waals surface area (Å²) in [5, 5.41) is 2.90. The SMILES string of the molecule is CCCN(CCC)C(=O)c1ccc(NC(=O)c2ccccc2OCCC(C)C)cc1. The molecule has 0 unspecified atom stereocenters. The number of nitrogens with one attached hydrogen (secondary N) is 1. The molecule has 0 aromatic heterocycles. The Bertz CT molecular complexity index is 809. The van der Waals surface area contributed by atoms with E-state index in [1.807, 2.05) is 23.1 Å². The highest BCUT2D eigenvalue weighted by molar-refractivity contribution is 6.06. The van der Waals surface area contributed by atoms with Gasteiger partial charge in [0.25, 0.3) is 11.8 Å². The molecular formula is C25H34N2O3. The third-order valence-electron chi connectivity index (χ3n) is 4.75. The minimum atomic E-state index is -0.229. The lowest BCUT2D eigenvalue weighted by atomic mass is 10.1. The Morgan fingerprint density at radius 3 is 2.20 bits per heavy atom. The van der Waals surface area contributed by atoms with Crippen LogP contribution in [0.25, 0.3) is 0 Å². The van der Waals surface area contributed by atoms with Gasteiger partial charge in [-0.2, -0.15) is 0 Å². The summed E-state index contributed by atoms with van der Waals surface area (Å²) >= 11 is 0. The van der Waals surface area contributed by atoms with Crippen LogP contribution in [0, 0.1) is 5.92 Å². The monoisotopic (exact) mass is 410 g/mol. The van der Waals surface area contributed by atoms with E-state index in [0.717, 1.165) is 32.4 Å². The number of amides is 2. The van der Waals surface area contributed by atoms with E-state index in [1.54, 1.807) is 30.3 Å². The molecule has 0 heterocycles. The fourth-order valence-electron chi connectivity index (χ4n) is 3.12. The molecule has 2 amide bonds. The molecule has 1 N–H and O–H groups in total. The minimum absolute atomic E-state index is 0.0282. The Labute approximate surface area is 180 Å². The number of rotatable bonds is 11. The maximum atomic E-state index is 12.8. The largest absolute Gasteiger partial charge is 0.493 e. The summed E-state index contributed by atoms with van der Waals surface area (Å²) in [4.78, 5) is 27.3. The molecule has 30 heavy (non-hydrogen) atoms. The average Bonchev–Trinajstić information content (AvgIpc) is 2.73. The number of hydrogen-bond donors (Lipinski definition) is 1. The molecule has 162 valence electrons. The van der Waals surface area contributed by atoms with Gasteiger partial charge in [-0.25, -0.2) is 0 Å². The Morgan fingerprint density at radius 2 is 1.60 bits per heavy atom. The van der Waals surface area contributed by atoms with Crippen molar-refractivity contribution < 1.29 is 14.3 Å². The second kappa shape index (κ2) is 12.0. The summed E-state index contributed by atoms with van der Waals surface area (Å²) < 4.78 is 5.82. The Balaban J connectivity index is 2.05. The second-order valence-electron chi connectivity index (χ2n) is 7.85. The summed E-state index contributed by atoms with van der Waals surface area (Å²) in [5.41, 5.74) is 1.77. The van der Waals surface area contributed by atoms with Gasteiger partial charge in [0, 0.05) is 24.3 Å². The van der Waals surface area contributed by atoms with Crippen LogP contribution in [0.5, 0.6) is 5.75 Å². The number of nitrogens with zero attached hydrogens (tertiary/aromatic N) is 1. The van der Waals surface area contributed by atoms with E-state index in [4.69, 9.17) is 4.74 Å². The van der Waals surface area contributed by atoms with Gasteiger partial charge in [0.15, 0.2) is 0 Å². The molecule has 0 saturated carbocycles. The molecule has 5 heteroatoms. The molecule has 0 spiro atoms. The van der Waals surface area contributed by atoms with E-state index in [0.29, 0.717) is 35.1 Å². The molecule has 2 aromatic carbocycles. The van der Waals surface area contributed by atoms with Crippen LogP contribution in [0.4, 0.5) is 5.69 Å². The van der Waals surface area contributed by atoms with E-state index >= 15 is 0 Å². The highest BCUT2D eigenvalue weighted by Crippen LogP contribution is 2.21. The third kappa shape index (κ3) is 6.90. The van der Waals surface area contributed by atoms with Crippen LogP contribution in [-0.2, 0) is 0 Å². The van der Waals surface area contributed by atoms with E-state index < -0.39 is 0 Å². The van der Waals surface area contributed by atoms with Crippen LogP contribution in [0.15, 0.2) is 48.5 Å². The van der Waals surface area contributed by atoms with Crippen molar-refractivity contribution >= 4 is 17.5 Å². The van der Waals surface area contributed by atoms with Crippen LogP contribution in [0.3, 0.4) is 0 Å². The molecule has 0 fully saturated rings. The second-order valence-corrected chi connectivity index (χ2v) is 7.85. The molecular weight excluding hydrogens is 376 g/mol. The number of anilines is 1. The molecule has 0 atom stereocenters. The fraction of sp³-hybridized carbons (Fsp3) is 0.440. The van der Waals surface area contributed by atoms with Gasteiger partial charge in [0.1, 0.15) is 5.75 Å². The van der Waals surface area contributed by atoms with Crippen molar-refractivity contribution in [2.24, 2.45) is 5.92 Å². The van der Waals surface area contributed by atoms with Crippen molar-refractivity contribution in [3.05, 3.63) is 59.7 Å². The van der Waals surface area contributed by atoms with Gasteiger partial charge in [-0.3, -0.25) is 9.59 Å². The summed E-state index contributed by atoms with van der Waals surface area (Å²) in [6, 6.07) is 14.3. The van der Waals surface area contributed by atoms with Crippen LogP contribution < -0.4 is 10.1 Å². The lowest BCUT2D eigenvalue weighted by molar-refractivity contribution is 0.0755. The zero-order valence-electron chi connectivity index (χ0n) is 18.6. The average molecular weight is 411 g/mol. The van der Waals surface area contributed by atoms with Crippen molar-refractivity contribution in [1.82, 2.24) is 4.90 Å². The van der Waals surface area contributed by atoms with Crippen LogP contribution >= 0.6 is 0 Å². The van der Waals surface area contributed by atoms with Gasteiger partial charge in [0.05, 0.1) is 12.2 Å². The maximum Gasteiger partial charge on any atom is 0.259 e. The van der Waals surface area contributed by atoms with Crippen molar-refractivity contribution in [1.29, 1.82) is 0 Å². The number of carbonyl (C=O) groups excluding carboxylic acids is 2. The molecule has 2 aromatic rings. The van der Waals surface area contributed by atoms with E-state index in [2.05, 4.69) is 33.0 Å². The first-order chi connectivity index (χ1) is 14.5. The molecule has 5 nitrogen and oxygen atoms in total. The van der Waals surface area contributed by atoms with Crippen LogP contribution in [-0.4, -0.2) is 36.4 Å². The van der Waals surface area contributed by atoms with Crippen molar-refractivity contribution in [3.63, 3.8) is 0 Å². The van der Waals surface area contributed by atoms with Crippen LogP contribution in [0.1, 0.15) is 67.7 Å². The van der Waals surface area contributed by atoms with Gasteiger partial charge in [-0.05, 0) is 61.6 Å². The Hall–Kier alpha value is -2.82. The van der Waals surface area contributed by atoms with E-state index in [9.17, 15) is 9.59 Å². The summed E-state index contributed by atoms with van der Waals surface area (Å²) in [7, 11) is 0. The zero-order chi connectivity index (χ0) is 21.9. The smallest absolute Gasteiger partial charge is 0.259 e. The normalized spacial score (nSPS) is 10.7. The Morgan fingerprint density at radius 1 is 0.967 bits per heavy atom. The molecule has 0 radical (unpaired) electrons. The number of carbonyl (C=O) groups is 2. The molecule has 0 aliphatic heterocycles. The Kier molecular flexibility index (Phi) is 9.39. The molecule has 0 aliphatic rings. The maximum absolute atomic E-state index is 12.8. The van der Waals surface area contributed by atoms with Crippen molar-refractivity contribution in [2.75, 3.05) is 25.0 Å². The molecule has 0 aliphatic carbocycles. The van der Waals surface area contributed by atoms with Crippen LogP contribution in [0.2, 0.25) is 0 Å². The number of hydrogen-bond acceptors (Lipinski definition) is 3. The van der Waals surface area contributed by atoms with Gasteiger partial charge in [-0.1, -0.05) is 39.8 Å². The quantitative estimate of drug-likeness (QED) is 0.522. The summed E-state index contributed by atoms with van der Waals surface area (Å²) in [6.07, 6.45) is 2.79. The fourth-order valence-corrected chi connectivity index (χ4v) is 3.12. The van der Waals surface area contributed by atoms with Crippen molar-refractivity contribution in [2.45, 2.75) is 47.0 Å². The summed E-state index contributed by atoms with van der Waals surface area (Å²) in [6.45, 7) is 10.5. The number of para-hydroxylation sites is 1. The third-order valence-corrected chi connectivity index (χ3v) is 4.75. The highest BCUT2D eigenvalue weighted by Gasteiger charge is 2.15. The van der Waals surface area contributed by atoms with E-state index in [-0.39, 0.29) is 11.8 Å². The standard InChI is InChI=1S/C25H34N2O3/c1-5-16-27(17-6-2)25(29)20-11-13-21(14-12-20)26-24(28)22-9-7-8-10-23(22)30-18-15-19(3)4/h7-14,19H,5-6,15-18H2,1-4H3,(H,26,28). The molecule has 0 saturated heterocycles. The topological polar surface area (TPSA) is 58.6 Å². The minimum Gasteiger partial charge on any atom is -0.493 e. The summed E-state index contributed by atoms with van der Waals surface area (Å²) in [5.74, 6) is 0.920. The number of benzene rings is 2. The van der Waals surface area contributed by atoms with Crippen molar-refractivity contribution in [3.8, 4) is 5.75 Å². The van der Waals surface area contributed by atoms with Gasteiger partial charge in [-0.15, -0.1) is 0 Å². The molecule has 0 bridgehead atoms. The highest BCUT2D eigenvalue weighted by atomic mass is 16.5. The first-order valence-electron chi connectivity index (χ1n) is 10.9.